The number of aromatic hydroxyl groups is 1. The number of aryl methyl sites for hydroxylation is 1. The molecule has 15 heteroatoms. The van der Waals surface area contributed by atoms with Gasteiger partial charge in [-0.1, -0.05) is 53.7 Å². The topological polar surface area (TPSA) is 176 Å². The van der Waals surface area contributed by atoms with Gasteiger partial charge in [-0.3, -0.25) is 34.0 Å². The standard InChI is InChI=1S/C51H67N7O8/c1-10-57-43-14-13-33-24-38(43)39(45(57)40-26-52-17-15-35(40)28-65-9)25-51(6,7)29-66-50(64)41-12-11-18-58(54-41)49(63)42(22-32-20-36(33)23-37(59)21-32)53-46(60)44(30(2)3)55(8)48(62)34-16-19-56(27-34)47(61)31(4)5/h13-15,17,20-21,23-24,26,30-31,34,41-42,44,54,59H,10-12,16,18-19,22,25,27-29H2,1-9H3,(H,53,60)/t34-,41-,42-,44-/m0/s1. The quantitative estimate of drug-likeness (QED) is 0.163. The molecule has 3 aliphatic heterocycles. The Bertz CT molecular complexity index is 2480. The van der Waals surface area contributed by atoms with Crippen molar-refractivity contribution in [1.82, 2.24) is 35.1 Å². The summed E-state index contributed by atoms with van der Waals surface area (Å²) in [5.74, 6) is -2.70. The fourth-order valence-corrected chi connectivity index (χ4v) is 10.1. The Kier molecular flexibility index (Phi) is 14.6. The number of ether oxygens (including phenoxy) is 2. The van der Waals surface area contributed by atoms with Crippen LogP contribution in [-0.4, -0.2) is 118 Å². The number of carbonyl (C=O) groups excluding carboxylic acids is 5. The molecule has 2 saturated heterocycles. The van der Waals surface area contributed by atoms with Crippen LogP contribution >= 0.6 is 0 Å². The van der Waals surface area contributed by atoms with Crippen LogP contribution in [0.3, 0.4) is 0 Å². The van der Waals surface area contributed by atoms with Gasteiger partial charge in [0.05, 0.1) is 24.8 Å². The Morgan fingerprint density at radius 3 is 2.53 bits per heavy atom. The summed E-state index contributed by atoms with van der Waals surface area (Å²) in [5, 5.41) is 16.7. The second-order valence-corrected chi connectivity index (χ2v) is 19.7. The van der Waals surface area contributed by atoms with Crippen molar-refractivity contribution >= 4 is 40.5 Å². The van der Waals surface area contributed by atoms with Gasteiger partial charge in [-0.15, -0.1) is 0 Å². The lowest BCUT2D eigenvalue weighted by Gasteiger charge is -2.37. The highest BCUT2D eigenvalue weighted by molar-refractivity contribution is 5.96. The van der Waals surface area contributed by atoms with Crippen LogP contribution in [0.4, 0.5) is 0 Å². The molecule has 4 amide bonds. The maximum atomic E-state index is 14.7. The molecule has 0 saturated carbocycles. The van der Waals surface area contributed by atoms with Crippen LogP contribution in [-0.2, 0) is 59.4 Å². The minimum atomic E-state index is -1.15. The maximum absolute atomic E-state index is 14.7. The first-order chi connectivity index (χ1) is 31.4. The number of hydrogen-bond donors (Lipinski definition) is 3. The fourth-order valence-electron chi connectivity index (χ4n) is 10.1. The van der Waals surface area contributed by atoms with Gasteiger partial charge in [-0.25, -0.2) is 5.43 Å². The van der Waals surface area contributed by atoms with E-state index in [4.69, 9.17) is 9.47 Å². The van der Waals surface area contributed by atoms with Gasteiger partial charge < -0.3 is 34.3 Å². The van der Waals surface area contributed by atoms with E-state index in [2.05, 4.69) is 53.2 Å². The van der Waals surface area contributed by atoms with E-state index in [1.165, 1.54) is 9.91 Å². The molecule has 3 N–H and O–H groups in total. The Morgan fingerprint density at radius 1 is 1.05 bits per heavy atom. The van der Waals surface area contributed by atoms with Crippen molar-refractivity contribution in [2.24, 2.45) is 23.2 Å². The highest BCUT2D eigenvalue weighted by Gasteiger charge is 2.40. The summed E-state index contributed by atoms with van der Waals surface area (Å²) < 4.78 is 14.0. The van der Waals surface area contributed by atoms with Gasteiger partial charge in [0.1, 0.15) is 23.9 Å². The molecule has 15 nitrogen and oxygen atoms in total. The summed E-state index contributed by atoms with van der Waals surface area (Å²) in [6, 6.07) is 10.5. The molecule has 66 heavy (non-hydrogen) atoms. The third kappa shape index (κ3) is 10.1. The van der Waals surface area contributed by atoms with Gasteiger partial charge in [-0.2, -0.15) is 0 Å². The molecule has 6 bridgehead atoms. The minimum absolute atomic E-state index is 0.00202. The average molecular weight is 906 g/mol. The van der Waals surface area contributed by atoms with E-state index >= 15 is 0 Å². The summed E-state index contributed by atoms with van der Waals surface area (Å²) in [4.78, 5) is 77.6. The number of fused-ring (bicyclic) bond motifs is 6. The van der Waals surface area contributed by atoms with E-state index in [1.807, 2.05) is 52.1 Å². The molecule has 7 rings (SSSR count). The van der Waals surface area contributed by atoms with Crippen LogP contribution in [0.5, 0.6) is 5.75 Å². The Morgan fingerprint density at radius 2 is 1.82 bits per heavy atom. The van der Waals surface area contributed by atoms with Crippen LogP contribution in [0.2, 0.25) is 0 Å². The Hall–Kier alpha value is -5.80. The maximum Gasteiger partial charge on any atom is 0.324 e. The summed E-state index contributed by atoms with van der Waals surface area (Å²) in [6.07, 6.45) is 5.64. The molecule has 0 aliphatic carbocycles. The summed E-state index contributed by atoms with van der Waals surface area (Å²) in [7, 11) is 3.28. The molecule has 4 atom stereocenters. The molecule has 2 fully saturated rings. The number of likely N-dealkylation sites (tertiary alicyclic amines) is 1. The van der Waals surface area contributed by atoms with Crippen LogP contribution in [0, 0.1) is 23.2 Å². The van der Waals surface area contributed by atoms with E-state index in [-0.39, 0.29) is 55.5 Å². The van der Waals surface area contributed by atoms with E-state index in [1.54, 1.807) is 37.4 Å². The van der Waals surface area contributed by atoms with Gasteiger partial charge in [-0.05, 0) is 96.7 Å². The monoisotopic (exact) mass is 906 g/mol. The zero-order valence-corrected chi connectivity index (χ0v) is 40.0. The van der Waals surface area contributed by atoms with Crippen molar-refractivity contribution in [2.75, 3.05) is 40.4 Å². The first-order valence-corrected chi connectivity index (χ1v) is 23.4. The number of carbonyl (C=O) groups is 5. The largest absolute Gasteiger partial charge is 0.508 e. The van der Waals surface area contributed by atoms with Gasteiger partial charge in [0.25, 0.3) is 5.91 Å². The van der Waals surface area contributed by atoms with Gasteiger partial charge in [0.2, 0.25) is 17.7 Å². The van der Waals surface area contributed by atoms with Gasteiger partial charge in [0.15, 0.2) is 0 Å². The predicted octanol–water partition coefficient (Wildman–Crippen LogP) is 5.88. The molecule has 0 spiro atoms. The van der Waals surface area contributed by atoms with Gasteiger partial charge >= 0.3 is 5.97 Å². The smallest absolute Gasteiger partial charge is 0.324 e. The van der Waals surface area contributed by atoms with Gasteiger partial charge in [0, 0.05) is 87.0 Å². The molecule has 0 radical (unpaired) electrons. The molecule has 3 aliphatic rings. The number of phenols is 1. The molecule has 4 aromatic rings. The molecular formula is C51H67N7O8. The van der Waals surface area contributed by atoms with Crippen LogP contribution in [0.15, 0.2) is 54.9 Å². The highest BCUT2D eigenvalue weighted by Crippen LogP contribution is 2.41. The Labute approximate surface area is 388 Å². The molecule has 2 aromatic carbocycles. The van der Waals surface area contributed by atoms with Crippen LogP contribution in [0.1, 0.15) is 84.4 Å². The second kappa shape index (κ2) is 20.0. The highest BCUT2D eigenvalue weighted by atomic mass is 16.5. The summed E-state index contributed by atoms with van der Waals surface area (Å²) >= 11 is 0. The molecule has 5 heterocycles. The van der Waals surface area contributed by atoms with E-state index < -0.39 is 47.2 Å². The number of nitrogens with one attached hydrogen (secondary N) is 2. The number of cyclic esters (lactones) is 1. The number of hydrazine groups is 1. The first kappa shape index (κ1) is 48.1. The zero-order chi connectivity index (χ0) is 47.6. The number of phenolic OH excluding ortho intramolecular Hbond substituents is 1. The number of nitrogens with zero attached hydrogens (tertiary/aromatic N) is 5. The predicted molar refractivity (Wildman–Crippen MR) is 252 cm³/mol. The van der Waals surface area contributed by atoms with Crippen molar-refractivity contribution in [3.05, 3.63) is 71.5 Å². The lowest BCUT2D eigenvalue weighted by atomic mass is 9.84. The number of esters is 1. The average Bonchev–Trinajstić information content (AvgIpc) is 3.89. The van der Waals surface area contributed by atoms with Crippen molar-refractivity contribution in [3.8, 4) is 28.1 Å². The molecule has 354 valence electrons. The second-order valence-electron chi connectivity index (χ2n) is 19.7. The van der Waals surface area contributed by atoms with E-state index in [0.29, 0.717) is 50.9 Å². The minimum Gasteiger partial charge on any atom is -0.508 e. The number of rotatable bonds is 10. The lowest BCUT2D eigenvalue weighted by molar-refractivity contribution is -0.155. The number of benzene rings is 2. The number of likely N-dealkylation sites (N-methyl/N-ethyl adjacent to an activating group) is 1. The van der Waals surface area contributed by atoms with Crippen LogP contribution < -0.4 is 10.7 Å². The summed E-state index contributed by atoms with van der Waals surface area (Å²) in [6.45, 7) is 15.8. The molecular weight excluding hydrogens is 839 g/mol. The number of amides is 4. The van der Waals surface area contributed by atoms with Crippen molar-refractivity contribution < 1.29 is 38.6 Å². The molecule has 0 unspecified atom stereocenters. The third-order valence-electron chi connectivity index (χ3n) is 13.3. The van der Waals surface area contributed by atoms with E-state index in [9.17, 15) is 29.1 Å². The number of hydrogen-bond acceptors (Lipinski definition) is 10. The normalized spacial score (nSPS) is 20.6. The fraction of sp³-hybridized carbons (Fsp3) is 0.529. The molecule has 2 aromatic heterocycles. The van der Waals surface area contributed by atoms with Crippen molar-refractivity contribution in [2.45, 2.75) is 112 Å². The first-order valence-electron chi connectivity index (χ1n) is 23.4. The number of pyridine rings is 1. The van der Waals surface area contributed by atoms with Crippen molar-refractivity contribution in [3.63, 3.8) is 0 Å². The SMILES string of the molecule is CCn1c(-c2cnccc2COC)c2c3cc(ccc31)-c1cc(O)cc(c1)C[C@H](NC(=O)[C@H](C(C)C)N(C)C(=O)[C@H]1CCN(C(=O)C(C)C)C1)C(=O)N1CCC[C@H](N1)C(=O)OCC(C)(C)C2. The van der Waals surface area contributed by atoms with Crippen LogP contribution in [0.25, 0.3) is 33.3 Å². The van der Waals surface area contributed by atoms with Crippen molar-refractivity contribution in [1.29, 1.82) is 0 Å². The third-order valence-corrected chi connectivity index (χ3v) is 13.3. The van der Waals surface area contributed by atoms with E-state index in [0.717, 1.165) is 44.4 Å². The zero-order valence-electron chi connectivity index (χ0n) is 40.0. The summed E-state index contributed by atoms with van der Waals surface area (Å²) in [5.41, 5.74) is 9.77. The number of aromatic nitrogens is 2. The lowest BCUT2D eigenvalue weighted by Crippen LogP contribution is -2.62. The number of methoxy groups -OCH3 is 1. The Balaban J connectivity index is 1.29.